The molecular weight excluding hydrogens is 432 g/mol. The number of benzene rings is 4. The van der Waals surface area contributed by atoms with Crippen LogP contribution in [0.3, 0.4) is 0 Å². The van der Waals surface area contributed by atoms with E-state index in [4.69, 9.17) is 9.83 Å². The molecule has 0 radical (unpaired) electrons. The van der Waals surface area contributed by atoms with Crippen LogP contribution in [0.15, 0.2) is 137 Å². The summed E-state index contributed by atoms with van der Waals surface area (Å²) >= 11 is 0. The van der Waals surface area contributed by atoms with Gasteiger partial charge < -0.3 is 4.84 Å². The maximum absolute atomic E-state index is 13.9. The fourth-order valence-corrected chi connectivity index (χ4v) is 5.00. The van der Waals surface area contributed by atoms with Crippen molar-refractivity contribution < 1.29 is 9.63 Å². The minimum atomic E-state index is -1.22. The molecule has 2 aliphatic rings. The van der Waals surface area contributed by atoms with Gasteiger partial charge in [-0.1, -0.05) is 126 Å². The summed E-state index contributed by atoms with van der Waals surface area (Å²) in [5, 5.41) is 4.37. The molecular formula is C31H22N2O2. The van der Waals surface area contributed by atoms with Crippen LogP contribution in [0.1, 0.15) is 28.3 Å². The molecule has 2 unspecified atom stereocenters. The van der Waals surface area contributed by atoms with Crippen molar-refractivity contribution in [3.8, 4) is 0 Å². The Morgan fingerprint density at radius 1 is 0.686 bits per heavy atom. The third-order valence-electron chi connectivity index (χ3n) is 6.58. The van der Waals surface area contributed by atoms with E-state index in [1.165, 1.54) is 0 Å². The van der Waals surface area contributed by atoms with E-state index in [0.717, 1.165) is 33.5 Å². The van der Waals surface area contributed by atoms with E-state index in [1.807, 2.05) is 121 Å². The van der Waals surface area contributed by atoms with Crippen LogP contribution >= 0.6 is 0 Å². The lowest BCUT2D eigenvalue weighted by molar-refractivity contribution is -0.147. The van der Waals surface area contributed by atoms with Gasteiger partial charge in [-0.05, 0) is 17.2 Å². The average molecular weight is 455 g/mol. The summed E-state index contributed by atoms with van der Waals surface area (Å²) in [4.78, 5) is 24.6. The quantitative estimate of drug-likeness (QED) is 0.342. The van der Waals surface area contributed by atoms with Gasteiger partial charge in [0.1, 0.15) is 11.8 Å². The van der Waals surface area contributed by atoms with Gasteiger partial charge in [0.05, 0.1) is 5.71 Å². The van der Waals surface area contributed by atoms with Gasteiger partial charge in [0, 0.05) is 16.7 Å². The number of hydrogen-bond acceptors (Lipinski definition) is 4. The highest BCUT2D eigenvalue weighted by Crippen LogP contribution is 2.55. The van der Waals surface area contributed by atoms with E-state index in [1.54, 1.807) is 0 Å². The molecule has 0 aromatic heterocycles. The van der Waals surface area contributed by atoms with Crippen LogP contribution in [0.5, 0.6) is 0 Å². The van der Waals surface area contributed by atoms with Crippen LogP contribution in [0.2, 0.25) is 0 Å². The van der Waals surface area contributed by atoms with Crippen molar-refractivity contribution in [3.05, 3.63) is 149 Å². The van der Waals surface area contributed by atoms with Gasteiger partial charge >= 0.3 is 5.97 Å². The topological polar surface area (TPSA) is 51.0 Å². The molecule has 1 spiro atoms. The molecule has 2 heterocycles. The van der Waals surface area contributed by atoms with E-state index in [0.29, 0.717) is 5.71 Å². The number of hydrogen-bond donors (Lipinski definition) is 0. The highest BCUT2D eigenvalue weighted by atomic mass is 16.7. The second kappa shape index (κ2) is 8.65. The molecule has 2 atom stereocenters. The molecule has 0 fully saturated rings. The van der Waals surface area contributed by atoms with Gasteiger partial charge in [0.2, 0.25) is 0 Å². The smallest absolute Gasteiger partial charge is 0.316 e. The lowest BCUT2D eigenvalue weighted by Gasteiger charge is -2.29. The number of aliphatic imine (C=N–C) groups is 1. The van der Waals surface area contributed by atoms with Crippen LogP contribution in [-0.4, -0.2) is 17.4 Å². The Bertz CT molecular complexity index is 1460. The van der Waals surface area contributed by atoms with Crippen molar-refractivity contribution >= 4 is 23.5 Å². The zero-order valence-electron chi connectivity index (χ0n) is 18.9. The monoisotopic (exact) mass is 454 g/mol. The van der Waals surface area contributed by atoms with Gasteiger partial charge in [-0.15, -0.1) is 0 Å². The molecule has 0 N–H and O–H groups in total. The van der Waals surface area contributed by atoms with Crippen molar-refractivity contribution in [1.29, 1.82) is 0 Å². The van der Waals surface area contributed by atoms with E-state index >= 15 is 0 Å². The molecule has 0 amide bonds. The maximum Gasteiger partial charge on any atom is 0.354 e. The van der Waals surface area contributed by atoms with Crippen molar-refractivity contribution in [2.45, 2.75) is 6.04 Å². The first-order valence-electron chi connectivity index (χ1n) is 11.6. The predicted octanol–water partition coefficient (Wildman–Crippen LogP) is 6.26. The van der Waals surface area contributed by atoms with E-state index < -0.39 is 17.4 Å². The average Bonchev–Trinajstić information content (AvgIpc) is 3.44. The van der Waals surface area contributed by atoms with Crippen LogP contribution < -0.4 is 0 Å². The fraction of sp³-hybridized carbons (Fsp3) is 0.0645. The lowest BCUT2D eigenvalue weighted by Crippen LogP contribution is -2.41. The first-order valence-corrected chi connectivity index (χ1v) is 11.6. The Morgan fingerprint density at radius 3 is 1.86 bits per heavy atom. The standard InChI is InChI=1S/C31H22N2O2/c34-30-31(29(33-35-30)25-19-11-4-12-20-25)26(21-22-13-5-1-6-14-22)27(23-15-7-2-8-16-23)32-28(31)24-17-9-3-10-18-24/h1-21,28H/b26-21-. The third kappa shape index (κ3) is 3.42. The molecule has 0 bridgehead atoms. The Hall–Kier alpha value is -4.57. The minimum Gasteiger partial charge on any atom is -0.316 e. The second-order valence-electron chi connectivity index (χ2n) is 8.62. The van der Waals surface area contributed by atoms with Crippen molar-refractivity contribution in [2.75, 3.05) is 0 Å². The fourth-order valence-electron chi connectivity index (χ4n) is 5.00. The molecule has 0 saturated carbocycles. The number of rotatable bonds is 4. The van der Waals surface area contributed by atoms with E-state index in [9.17, 15) is 4.79 Å². The van der Waals surface area contributed by atoms with Crippen molar-refractivity contribution in [2.24, 2.45) is 15.6 Å². The number of nitrogens with zero attached hydrogens (tertiary/aromatic N) is 2. The molecule has 4 aromatic rings. The summed E-state index contributed by atoms with van der Waals surface area (Å²) in [6.45, 7) is 0. The van der Waals surface area contributed by atoms with E-state index in [-0.39, 0.29) is 0 Å². The SMILES string of the molecule is O=C1ON=C(c2ccccc2)C12/C(=C\c1ccccc1)C(c1ccccc1)=NC2c1ccccc1. The summed E-state index contributed by atoms with van der Waals surface area (Å²) in [6, 6.07) is 39.2. The summed E-state index contributed by atoms with van der Waals surface area (Å²) < 4.78 is 0. The largest absolute Gasteiger partial charge is 0.354 e. The molecule has 0 saturated heterocycles. The summed E-state index contributed by atoms with van der Waals surface area (Å²) in [5.41, 5.74) is 4.60. The Labute approximate surface area is 203 Å². The molecule has 168 valence electrons. The van der Waals surface area contributed by atoms with Gasteiger partial charge in [0.25, 0.3) is 0 Å². The van der Waals surface area contributed by atoms with Crippen molar-refractivity contribution in [3.63, 3.8) is 0 Å². The maximum atomic E-state index is 13.9. The lowest BCUT2D eigenvalue weighted by atomic mass is 9.67. The first-order chi connectivity index (χ1) is 17.3. The number of carbonyl (C=O) groups excluding carboxylic acids is 1. The highest BCUT2D eigenvalue weighted by Gasteiger charge is 2.63. The van der Waals surface area contributed by atoms with Gasteiger partial charge in [-0.25, -0.2) is 4.79 Å². The second-order valence-corrected chi connectivity index (χ2v) is 8.62. The molecule has 2 aliphatic heterocycles. The number of oxime groups is 1. The summed E-state index contributed by atoms with van der Waals surface area (Å²) in [5.74, 6) is -0.415. The minimum absolute atomic E-state index is 0.415. The van der Waals surface area contributed by atoms with Crippen LogP contribution in [0.4, 0.5) is 0 Å². The number of carbonyl (C=O) groups is 1. The molecule has 4 heteroatoms. The molecule has 4 nitrogen and oxygen atoms in total. The molecule has 4 aromatic carbocycles. The van der Waals surface area contributed by atoms with Crippen LogP contribution in [-0.2, 0) is 9.63 Å². The highest BCUT2D eigenvalue weighted by molar-refractivity contribution is 6.32. The van der Waals surface area contributed by atoms with Gasteiger partial charge in [0.15, 0.2) is 5.41 Å². The third-order valence-corrected chi connectivity index (χ3v) is 6.58. The zero-order chi connectivity index (χ0) is 23.7. The van der Waals surface area contributed by atoms with E-state index in [2.05, 4.69) is 11.2 Å². The Kier molecular flexibility index (Phi) is 5.19. The molecule has 0 aliphatic carbocycles. The summed E-state index contributed by atoms with van der Waals surface area (Å²) in [7, 11) is 0. The predicted molar refractivity (Wildman–Crippen MR) is 138 cm³/mol. The van der Waals surface area contributed by atoms with Crippen LogP contribution in [0, 0.1) is 5.41 Å². The molecule has 6 rings (SSSR count). The zero-order valence-corrected chi connectivity index (χ0v) is 18.9. The summed E-state index contributed by atoms with van der Waals surface area (Å²) in [6.07, 6.45) is 2.06. The first kappa shape index (κ1) is 21.0. The van der Waals surface area contributed by atoms with Crippen molar-refractivity contribution in [1.82, 2.24) is 0 Å². The Balaban J connectivity index is 1.67. The van der Waals surface area contributed by atoms with Gasteiger partial charge in [-0.2, -0.15) is 0 Å². The van der Waals surface area contributed by atoms with Crippen LogP contribution in [0.25, 0.3) is 6.08 Å². The molecule has 35 heavy (non-hydrogen) atoms. The van der Waals surface area contributed by atoms with Gasteiger partial charge in [-0.3, -0.25) is 4.99 Å². The Morgan fingerprint density at radius 2 is 1.23 bits per heavy atom. The normalized spacial score (nSPS) is 22.2.